The van der Waals surface area contributed by atoms with Crippen LogP contribution in [0.5, 0.6) is 0 Å². The van der Waals surface area contributed by atoms with Crippen molar-refractivity contribution in [3.8, 4) is 0 Å². The fraction of sp³-hybridized carbons (Fsp3) is 0.429. The Hall–Kier alpha value is -0.960. The van der Waals surface area contributed by atoms with E-state index in [1.807, 2.05) is 7.05 Å². The van der Waals surface area contributed by atoms with Gasteiger partial charge in [-0.25, -0.2) is 0 Å². The van der Waals surface area contributed by atoms with Gasteiger partial charge in [0, 0.05) is 31.6 Å². The van der Waals surface area contributed by atoms with Gasteiger partial charge in [0.05, 0.1) is 5.69 Å². The molecule has 0 radical (unpaired) electrons. The average Bonchev–Trinajstić information content (AvgIpc) is 2.03. The lowest BCUT2D eigenvalue weighted by Crippen LogP contribution is -2.11. The number of nitrogens with one attached hydrogen (secondary N) is 1. The number of nitrogens with zero attached hydrogens (tertiary/aromatic N) is 2. The number of hydrogen-bond donors (Lipinski definition) is 1. The van der Waals surface area contributed by atoms with Crippen LogP contribution in [-0.2, 0) is 6.42 Å². The molecule has 0 aliphatic heterocycles. The van der Waals surface area contributed by atoms with Crippen LogP contribution in [0, 0.1) is 0 Å². The first-order valence-corrected chi connectivity index (χ1v) is 3.33. The van der Waals surface area contributed by atoms with Crippen molar-refractivity contribution in [2.75, 3.05) is 13.6 Å². The maximum Gasteiger partial charge on any atom is 0.0599 e. The minimum Gasteiger partial charge on any atom is -0.319 e. The van der Waals surface area contributed by atoms with Crippen molar-refractivity contribution in [2.24, 2.45) is 0 Å². The van der Waals surface area contributed by atoms with E-state index in [1.54, 1.807) is 18.6 Å². The van der Waals surface area contributed by atoms with Gasteiger partial charge in [0.25, 0.3) is 0 Å². The summed E-state index contributed by atoms with van der Waals surface area (Å²) in [6, 6.07) is 0. The molecule has 0 saturated carbocycles. The first kappa shape index (κ1) is 7.15. The maximum absolute atomic E-state index is 4.11. The smallest absolute Gasteiger partial charge is 0.0599 e. The summed E-state index contributed by atoms with van der Waals surface area (Å²) >= 11 is 0. The summed E-state index contributed by atoms with van der Waals surface area (Å²) in [6.07, 6.45) is 6.13. The number of hydrogen-bond acceptors (Lipinski definition) is 3. The zero-order valence-electron chi connectivity index (χ0n) is 6.04. The number of rotatable bonds is 3. The third-order valence-corrected chi connectivity index (χ3v) is 1.25. The van der Waals surface area contributed by atoms with Crippen LogP contribution in [0.2, 0.25) is 0 Å². The molecule has 0 aliphatic carbocycles. The fourth-order valence-electron chi connectivity index (χ4n) is 0.712. The van der Waals surface area contributed by atoms with Crippen molar-refractivity contribution in [3.05, 3.63) is 24.3 Å². The monoisotopic (exact) mass is 137 g/mol. The minimum atomic E-state index is 0.949. The van der Waals surface area contributed by atoms with Crippen molar-refractivity contribution in [1.29, 1.82) is 0 Å². The van der Waals surface area contributed by atoms with E-state index in [0.717, 1.165) is 18.7 Å². The molecule has 1 N–H and O–H groups in total. The van der Waals surface area contributed by atoms with Gasteiger partial charge in [-0.2, -0.15) is 0 Å². The molecule has 1 aromatic heterocycles. The van der Waals surface area contributed by atoms with E-state index in [9.17, 15) is 0 Å². The summed E-state index contributed by atoms with van der Waals surface area (Å²) in [5.74, 6) is 0. The summed E-state index contributed by atoms with van der Waals surface area (Å²) in [7, 11) is 1.93. The average molecular weight is 137 g/mol. The molecule has 0 aromatic carbocycles. The third-order valence-electron chi connectivity index (χ3n) is 1.25. The van der Waals surface area contributed by atoms with Crippen molar-refractivity contribution in [1.82, 2.24) is 15.3 Å². The molecule has 1 aromatic rings. The van der Waals surface area contributed by atoms with Crippen molar-refractivity contribution in [3.63, 3.8) is 0 Å². The second kappa shape index (κ2) is 3.95. The van der Waals surface area contributed by atoms with Gasteiger partial charge >= 0.3 is 0 Å². The van der Waals surface area contributed by atoms with E-state index in [0.29, 0.717) is 0 Å². The summed E-state index contributed by atoms with van der Waals surface area (Å²) in [5.41, 5.74) is 1.04. The summed E-state index contributed by atoms with van der Waals surface area (Å²) in [6.45, 7) is 0.957. The highest BCUT2D eigenvalue weighted by atomic mass is 14.8. The first-order valence-electron chi connectivity index (χ1n) is 3.33. The molecule has 1 rings (SSSR count). The molecule has 0 bridgehead atoms. The molecule has 1 heterocycles. The highest BCUT2D eigenvalue weighted by molar-refractivity contribution is 4.94. The summed E-state index contributed by atoms with van der Waals surface area (Å²) in [4.78, 5) is 8.06. The van der Waals surface area contributed by atoms with Crippen LogP contribution in [0.4, 0.5) is 0 Å². The summed E-state index contributed by atoms with van der Waals surface area (Å²) < 4.78 is 0. The van der Waals surface area contributed by atoms with Gasteiger partial charge in [0.1, 0.15) is 0 Å². The summed E-state index contributed by atoms with van der Waals surface area (Å²) in [5, 5.41) is 3.05. The van der Waals surface area contributed by atoms with E-state index < -0.39 is 0 Å². The zero-order valence-corrected chi connectivity index (χ0v) is 6.04. The van der Waals surface area contributed by atoms with E-state index in [1.165, 1.54) is 0 Å². The quantitative estimate of drug-likeness (QED) is 0.648. The van der Waals surface area contributed by atoms with Gasteiger partial charge in [-0.05, 0) is 7.05 Å². The molecule has 3 nitrogen and oxygen atoms in total. The molecular weight excluding hydrogens is 126 g/mol. The lowest BCUT2D eigenvalue weighted by molar-refractivity contribution is 0.772. The lowest BCUT2D eigenvalue weighted by Gasteiger charge is -1.96. The van der Waals surface area contributed by atoms with Gasteiger partial charge < -0.3 is 5.32 Å². The Morgan fingerprint density at radius 1 is 1.50 bits per heavy atom. The van der Waals surface area contributed by atoms with E-state index in [-0.39, 0.29) is 0 Å². The molecule has 0 atom stereocenters. The molecule has 0 amide bonds. The molecule has 0 spiro atoms. The van der Waals surface area contributed by atoms with E-state index in [4.69, 9.17) is 0 Å². The Morgan fingerprint density at radius 2 is 2.40 bits per heavy atom. The van der Waals surface area contributed by atoms with Crippen molar-refractivity contribution < 1.29 is 0 Å². The van der Waals surface area contributed by atoms with Crippen LogP contribution in [0.3, 0.4) is 0 Å². The Balaban J connectivity index is 2.43. The molecule has 0 unspecified atom stereocenters. The van der Waals surface area contributed by atoms with Gasteiger partial charge in [0.15, 0.2) is 0 Å². The Labute approximate surface area is 60.5 Å². The Bertz CT molecular complexity index is 173. The van der Waals surface area contributed by atoms with Crippen LogP contribution in [0.25, 0.3) is 0 Å². The van der Waals surface area contributed by atoms with Crippen molar-refractivity contribution in [2.45, 2.75) is 6.42 Å². The standard InChI is InChI=1S/C7H11N3/c1-8-3-2-7-6-9-4-5-10-7/h4-6,8H,2-3H2,1H3. The zero-order chi connectivity index (χ0) is 7.23. The molecular formula is C7H11N3. The van der Waals surface area contributed by atoms with Crippen molar-refractivity contribution >= 4 is 0 Å². The topological polar surface area (TPSA) is 37.8 Å². The van der Waals surface area contributed by atoms with E-state index >= 15 is 0 Å². The molecule has 0 aliphatic rings. The maximum atomic E-state index is 4.11. The largest absolute Gasteiger partial charge is 0.319 e. The van der Waals surface area contributed by atoms with Gasteiger partial charge in [-0.3, -0.25) is 9.97 Å². The normalized spacial score (nSPS) is 9.70. The predicted octanol–water partition coefficient (Wildman–Crippen LogP) is 0.238. The highest BCUT2D eigenvalue weighted by Crippen LogP contribution is 1.88. The number of likely N-dealkylation sites (N-methyl/N-ethyl adjacent to an activating group) is 1. The molecule has 3 heteroatoms. The van der Waals surface area contributed by atoms with Gasteiger partial charge in [0.2, 0.25) is 0 Å². The van der Waals surface area contributed by atoms with E-state index in [2.05, 4.69) is 15.3 Å². The fourth-order valence-corrected chi connectivity index (χ4v) is 0.712. The Morgan fingerprint density at radius 3 is 3.00 bits per heavy atom. The van der Waals surface area contributed by atoms with Crippen LogP contribution >= 0.6 is 0 Å². The lowest BCUT2D eigenvalue weighted by atomic mass is 10.3. The highest BCUT2D eigenvalue weighted by Gasteiger charge is 1.89. The second-order valence-corrected chi connectivity index (χ2v) is 2.05. The molecule has 10 heavy (non-hydrogen) atoms. The minimum absolute atomic E-state index is 0.949. The molecule has 0 fully saturated rings. The van der Waals surface area contributed by atoms with Gasteiger partial charge in [-0.1, -0.05) is 0 Å². The van der Waals surface area contributed by atoms with Gasteiger partial charge in [-0.15, -0.1) is 0 Å². The van der Waals surface area contributed by atoms with Crippen LogP contribution in [0.1, 0.15) is 5.69 Å². The number of aromatic nitrogens is 2. The Kier molecular flexibility index (Phi) is 2.83. The van der Waals surface area contributed by atoms with Crippen LogP contribution in [-0.4, -0.2) is 23.6 Å². The molecule has 54 valence electrons. The predicted molar refractivity (Wildman–Crippen MR) is 39.7 cm³/mol. The van der Waals surface area contributed by atoms with Crippen LogP contribution < -0.4 is 5.32 Å². The SMILES string of the molecule is CNCCc1cnccn1. The van der Waals surface area contributed by atoms with Crippen LogP contribution in [0.15, 0.2) is 18.6 Å². The third kappa shape index (κ3) is 2.11. The molecule has 0 saturated heterocycles. The first-order chi connectivity index (χ1) is 4.93. The second-order valence-electron chi connectivity index (χ2n) is 2.05.